The van der Waals surface area contributed by atoms with Gasteiger partial charge in [-0.1, -0.05) is 36.0 Å². The van der Waals surface area contributed by atoms with Crippen molar-refractivity contribution in [3.8, 4) is 0 Å². The third kappa shape index (κ3) is 9.11. The van der Waals surface area contributed by atoms with Crippen molar-refractivity contribution in [2.24, 2.45) is 18.5 Å². The van der Waals surface area contributed by atoms with E-state index in [9.17, 15) is 43.5 Å². The Morgan fingerprint density at radius 2 is 1.80 bits per heavy atom. The van der Waals surface area contributed by atoms with Crippen LogP contribution in [0.25, 0.3) is 0 Å². The number of carboxylic acid groups (broad SMARTS) is 2. The summed E-state index contributed by atoms with van der Waals surface area (Å²) in [7, 11) is 1.62. The number of aryl methyl sites for hydroxylation is 1. The van der Waals surface area contributed by atoms with E-state index in [2.05, 4.69) is 26.2 Å². The van der Waals surface area contributed by atoms with Gasteiger partial charge in [-0.25, -0.2) is 19.1 Å². The number of carboxylic acids is 2. The van der Waals surface area contributed by atoms with E-state index < -0.39 is 83.7 Å². The average molecular weight is 814 g/mol. The van der Waals surface area contributed by atoms with E-state index in [1.165, 1.54) is 57.4 Å². The number of aromatic nitrogens is 4. The first-order valence-electron chi connectivity index (χ1n) is 16.1. The van der Waals surface area contributed by atoms with Crippen LogP contribution in [-0.4, -0.2) is 142 Å². The molecule has 3 aliphatic heterocycles. The van der Waals surface area contributed by atoms with Crippen LogP contribution < -0.4 is 51.7 Å². The molecule has 0 aliphatic carbocycles. The standard InChI is InChI=1S/C30H35N11O11S2.Na.H/c1-3-39-9-10-40(24(47)23(39)46)28(51)34-18(14-4-6-16(7-5-14)30(31,32)27(50)52-11-8-17(42)43)21(44)33-19-22(45)41-20(26(48)49)15(12-53-25(19)41)13-54-29-35-36-37-38(29)2;;/h4-7,18-19,25H,3,8-13,31-32H2,1-2H3,(H,33,44)(H,34,51)(H,42,43)(H,48,49);;/q;+1;-1/t18-,19-,25-;;/m1../s1. The van der Waals surface area contributed by atoms with Crippen LogP contribution in [0.5, 0.6) is 0 Å². The van der Waals surface area contributed by atoms with Crippen LogP contribution in [0.15, 0.2) is 40.7 Å². The monoisotopic (exact) mass is 813 g/mol. The Labute approximate surface area is 343 Å². The second kappa shape index (κ2) is 17.9. The number of benzene rings is 1. The Hall–Kier alpha value is -4.59. The molecule has 0 saturated carbocycles. The van der Waals surface area contributed by atoms with Crippen molar-refractivity contribution >= 4 is 71.1 Å². The summed E-state index contributed by atoms with van der Waals surface area (Å²) in [5, 5.41) is 34.6. The molecule has 0 radical (unpaired) electrons. The summed E-state index contributed by atoms with van der Waals surface area (Å²) in [4.78, 5) is 105. The number of tetrazole rings is 1. The van der Waals surface area contributed by atoms with Crippen LogP contribution >= 0.6 is 23.5 Å². The molecule has 1 aromatic heterocycles. The molecule has 8 N–H and O–H groups in total. The van der Waals surface area contributed by atoms with Crippen LogP contribution in [-0.2, 0) is 51.0 Å². The zero-order valence-electron chi connectivity index (χ0n) is 30.7. The van der Waals surface area contributed by atoms with Crippen LogP contribution in [0.3, 0.4) is 0 Å². The number of β-lactam (4-membered cyclic amide) rings is 1. The van der Waals surface area contributed by atoms with Gasteiger partial charge in [0, 0.05) is 38.2 Å². The molecular weight excluding hydrogens is 778 g/mol. The molecule has 6 amide bonds. The van der Waals surface area contributed by atoms with Crippen molar-refractivity contribution in [1.82, 2.24) is 45.5 Å². The van der Waals surface area contributed by atoms with Gasteiger partial charge in [-0.05, 0) is 34.1 Å². The number of likely N-dealkylation sites (N-methyl/N-ethyl adjacent to an activating group) is 1. The zero-order valence-corrected chi connectivity index (χ0v) is 33.3. The van der Waals surface area contributed by atoms with Crippen molar-refractivity contribution in [3.05, 3.63) is 46.7 Å². The number of ether oxygens (including phenoxy) is 1. The number of amides is 6. The van der Waals surface area contributed by atoms with E-state index >= 15 is 0 Å². The van der Waals surface area contributed by atoms with E-state index in [1.54, 1.807) is 14.0 Å². The van der Waals surface area contributed by atoms with Gasteiger partial charge in [0.05, 0.1) is 6.42 Å². The summed E-state index contributed by atoms with van der Waals surface area (Å²) in [5.41, 5.74) is 10.00. The minimum Gasteiger partial charge on any atom is -1.00 e. The van der Waals surface area contributed by atoms with Gasteiger partial charge in [0.2, 0.25) is 11.1 Å². The number of rotatable bonds is 14. The zero-order chi connectivity index (χ0) is 39.5. The van der Waals surface area contributed by atoms with Gasteiger partial charge in [-0.2, -0.15) is 0 Å². The molecule has 55 heavy (non-hydrogen) atoms. The Kier molecular flexibility index (Phi) is 14.0. The number of hydrogen-bond acceptors (Lipinski definition) is 16. The molecule has 2 fully saturated rings. The van der Waals surface area contributed by atoms with E-state index in [0.29, 0.717) is 15.6 Å². The first-order valence-corrected chi connectivity index (χ1v) is 18.1. The predicted molar refractivity (Wildman–Crippen MR) is 185 cm³/mol. The molecule has 5 rings (SSSR count). The van der Waals surface area contributed by atoms with Crippen LogP contribution in [0.2, 0.25) is 0 Å². The maximum atomic E-state index is 13.9. The van der Waals surface area contributed by atoms with Gasteiger partial charge in [0.25, 0.3) is 5.91 Å². The molecule has 0 bridgehead atoms. The number of hydrogen-bond donors (Lipinski definition) is 6. The summed E-state index contributed by atoms with van der Waals surface area (Å²) in [6.45, 7) is 1.29. The van der Waals surface area contributed by atoms with Gasteiger partial charge in [-0.3, -0.25) is 33.8 Å². The third-order valence-corrected chi connectivity index (χ3v) is 11.0. The molecule has 2 aromatic rings. The summed E-state index contributed by atoms with van der Waals surface area (Å²) >= 11 is 2.39. The minimum absolute atomic E-state index is 0. The number of carbonyl (C=O) groups excluding carboxylic acids is 6. The Balaban J connectivity index is 0.00000420. The van der Waals surface area contributed by atoms with Crippen molar-refractivity contribution in [3.63, 3.8) is 0 Å². The number of carbonyl (C=O) groups is 8. The van der Waals surface area contributed by atoms with E-state index in [-0.39, 0.29) is 78.9 Å². The second-order valence-electron chi connectivity index (χ2n) is 12.0. The number of fused-ring (bicyclic) bond motifs is 1. The summed E-state index contributed by atoms with van der Waals surface area (Å²) < 4.78 is 6.29. The van der Waals surface area contributed by atoms with Crippen molar-refractivity contribution < 1.29 is 84.3 Å². The fourth-order valence-electron chi connectivity index (χ4n) is 5.62. The molecule has 0 unspecified atom stereocenters. The second-order valence-corrected chi connectivity index (χ2v) is 14.1. The number of nitrogens with two attached hydrogens (primary N) is 2. The number of nitrogens with zero attached hydrogens (tertiary/aromatic N) is 7. The van der Waals surface area contributed by atoms with Gasteiger partial charge in [-0.15, -0.1) is 16.9 Å². The average Bonchev–Trinajstić information content (AvgIpc) is 3.56. The van der Waals surface area contributed by atoms with Crippen LogP contribution in [0.1, 0.15) is 31.9 Å². The molecule has 2 saturated heterocycles. The van der Waals surface area contributed by atoms with E-state index in [0.717, 1.165) is 4.90 Å². The molecule has 1 aromatic carbocycles. The van der Waals surface area contributed by atoms with Crippen molar-refractivity contribution in [2.75, 3.05) is 37.7 Å². The number of piperazine rings is 1. The van der Waals surface area contributed by atoms with Gasteiger partial charge in [0.1, 0.15) is 29.8 Å². The normalized spacial score (nSPS) is 18.8. The minimum atomic E-state index is -2.25. The van der Waals surface area contributed by atoms with Crippen LogP contribution in [0.4, 0.5) is 4.79 Å². The van der Waals surface area contributed by atoms with Crippen LogP contribution in [0, 0.1) is 0 Å². The topological polar surface area (TPSA) is 316 Å². The molecule has 290 valence electrons. The SMILES string of the molecule is CCN1CCN(C(=O)N[C@@H](C(=O)N[C@@H]2C(=O)N3C(C(=O)O)=C(CSc4nnnn4C)CS[C@H]23)c2ccc(C(N)(N)C(=O)OCCC(=O)O)cc2)C(=O)C1=O.[H-].[Na+]. The number of imide groups is 1. The fraction of sp³-hybridized carbons (Fsp3) is 0.433. The summed E-state index contributed by atoms with van der Waals surface area (Å²) in [6, 6.07) is 1.16. The quantitative estimate of drug-likeness (QED) is 0.0259. The maximum absolute atomic E-state index is 13.9. The molecule has 3 aliphatic rings. The van der Waals surface area contributed by atoms with Gasteiger partial charge < -0.3 is 43.4 Å². The first-order chi connectivity index (χ1) is 25.6. The largest absolute Gasteiger partial charge is 1.00 e. The molecule has 0 spiro atoms. The summed E-state index contributed by atoms with van der Waals surface area (Å²) in [5.74, 6) is -7.04. The van der Waals surface area contributed by atoms with E-state index in [1.807, 2.05) is 0 Å². The Morgan fingerprint density at radius 1 is 1.11 bits per heavy atom. The predicted octanol–water partition coefficient (Wildman–Crippen LogP) is -5.61. The molecule has 4 heterocycles. The van der Waals surface area contributed by atoms with Crippen molar-refractivity contribution in [2.45, 2.75) is 41.6 Å². The molecule has 25 heteroatoms. The summed E-state index contributed by atoms with van der Waals surface area (Å²) in [6.07, 6.45) is -0.491. The molecular formula is C30H36N11NaO11S2. The van der Waals surface area contributed by atoms with Gasteiger partial charge in [0.15, 0.2) is 5.66 Å². The fourth-order valence-corrected chi connectivity index (χ4v) is 7.95. The first kappa shape index (κ1) is 43.1. The number of aliphatic carboxylic acids is 2. The van der Waals surface area contributed by atoms with Crippen molar-refractivity contribution in [1.29, 1.82) is 0 Å². The Morgan fingerprint density at radius 3 is 2.40 bits per heavy atom. The Bertz CT molecular complexity index is 1930. The number of thioether (sulfide) groups is 2. The number of esters is 1. The van der Waals surface area contributed by atoms with Gasteiger partial charge >= 0.3 is 65.3 Å². The maximum Gasteiger partial charge on any atom is 1.00 e. The molecule has 3 atom stereocenters. The molecule has 22 nitrogen and oxygen atoms in total. The smallest absolute Gasteiger partial charge is 1.00 e. The van der Waals surface area contributed by atoms with E-state index in [4.69, 9.17) is 21.3 Å². The number of nitrogens with one attached hydrogen (secondary N) is 2. The number of urea groups is 1. The third-order valence-electron chi connectivity index (χ3n) is 8.58.